The average molecular weight is 327 g/mol. The predicted octanol–water partition coefficient (Wildman–Crippen LogP) is 1.49. The Labute approximate surface area is 140 Å². The fraction of sp³-hybridized carbons (Fsp3) is 0.471. The number of rotatable bonds is 2. The molecular weight excluding hydrogens is 306 g/mol. The maximum Gasteiger partial charge on any atom is 0.329 e. The molecule has 3 heterocycles. The van der Waals surface area contributed by atoms with Gasteiger partial charge in [0.05, 0.1) is 5.52 Å². The van der Waals surface area contributed by atoms with Crippen LogP contribution in [0.4, 0.5) is 10.6 Å². The lowest BCUT2D eigenvalue weighted by atomic mass is 9.89. The number of aryl methyl sites for hydroxylation is 1. The van der Waals surface area contributed by atoms with E-state index in [4.69, 9.17) is 0 Å². The van der Waals surface area contributed by atoms with Gasteiger partial charge in [-0.05, 0) is 43.5 Å². The second-order valence-corrected chi connectivity index (χ2v) is 6.47. The van der Waals surface area contributed by atoms with Gasteiger partial charge in [-0.2, -0.15) is 5.10 Å². The molecule has 7 nitrogen and oxygen atoms in total. The molecule has 0 bridgehead atoms. The number of urea groups is 1. The van der Waals surface area contributed by atoms with Crippen molar-refractivity contribution < 1.29 is 9.59 Å². The highest BCUT2D eigenvalue weighted by Gasteiger charge is 2.29. The normalized spacial score (nSPS) is 19.8. The summed E-state index contributed by atoms with van der Waals surface area (Å²) >= 11 is 0. The molecule has 24 heavy (non-hydrogen) atoms. The van der Waals surface area contributed by atoms with Crippen LogP contribution in [0.3, 0.4) is 0 Å². The predicted molar refractivity (Wildman–Crippen MR) is 91.1 cm³/mol. The Balaban J connectivity index is 1.78. The number of nitrogens with zero attached hydrogens (tertiary/aromatic N) is 3. The fourth-order valence-electron chi connectivity index (χ4n) is 3.78. The van der Waals surface area contributed by atoms with Crippen LogP contribution in [0.5, 0.6) is 0 Å². The number of piperidine rings is 1. The molecule has 3 amide bonds. The molecule has 126 valence electrons. The summed E-state index contributed by atoms with van der Waals surface area (Å²) in [6.07, 6.45) is 2.52. The minimum Gasteiger partial charge on any atom is -0.317 e. The van der Waals surface area contributed by atoms with Gasteiger partial charge in [-0.1, -0.05) is 12.1 Å². The van der Waals surface area contributed by atoms with E-state index in [9.17, 15) is 9.59 Å². The molecule has 4 rings (SSSR count). The lowest BCUT2D eigenvalue weighted by molar-refractivity contribution is -0.120. The van der Waals surface area contributed by atoms with E-state index >= 15 is 0 Å². The number of hydrogen-bond acceptors (Lipinski definition) is 4. The van der Waals surface area contributed by atoms with Crippen LogP contribution in [0.2, 0.25) is 0 Å². The highest BCUT2D eigenvalue weighted by Crippen LogP contribution is 2.35. The maximum atomic E-state index is 12.2. The highest BCUT2D eigenvalue weighted by atomic mass is 16.2. The number of carbonyl (C=O) groups excluding carboxylic acids is 2. The van der Waals surface area contributed by atoms with Gasteiger partial charge in [-0.3, -0.25) is 19.7 Å². The van der Waals surface area contributed by atoms with E-state index in [1.807, 2.05) is 23.9 Å². The number of fused-ring (bicyclic) bond motifs is 1. The van der Waals surface area contributed by atoms with Crippen molar-refractivity contribution in [1.82, 2.24) is 20.4 Å². The quantitative estimate of drug-likeness (QED) is 0.876. The number of anilines is 1. The van der Waals surface area contributed by atoms with Crippen LogP contribution in [-0.4, -0.2) is 41.4 Å². The van der Waals surface area contributed by atoms with Crippen molar-refractivity contribution in [2.45, 2.75) is 25.2 Å². The number of para-hydroxylation sites is 1. The molecule has 1 aromatic heterocycles. The van der Waals surface area contributed by atoms with Crippen LogP contribution in [0.15, 0.2) is 18.2 Å². The smallest absolute Gasteiger partial charge is 0.317 e. The number of hydrogen-bond donors (Lipinski definition) is 2. The third-order valence-electron chi connectivity index (χ3n) is 4.97. The van der Waals surface area contributed by atoms with E-state index < -0.39 is 6.03 Å². The van der Waals surface area contributed by atoms with Gasteiger partial charge in [-0.25, -0.2) is 4.79 Å². The Kier molecular flexibility index (Phi) is 3.72. The summed E-state index contributed by atoms with van der Waals surface area (Å²) in [6, 6.07) is 5.83. The van der Waals surface area contributed by atoms with Crippen molar-refractivity contribution in [1.29, 1.82) is 0 Å². The van der Waals surface area contributed by atoms with Crippen LogP contribution in [0, 0.1) is 0 Å². The number of imide groups is 1. The molecule has 2 aromatic rings. The summed E-state index contributed by atoms with van der Waals surface area (Å²) in [5.74, 6) is 0.912. The second-order valence-electron chi connectivity index (χ2n) is 6.47. The first-order valence-electron chi connectivity index (χ1n) is 8.43. The minimum absolute atomic E-state index is 0.230. The van der Waals surface area contributed by atoms with Crippen molar-refractivity contribution >= 4 is 28.7 Å². The van der Waals surface area contributed by atoms with Gasteiger partial charge in [0, 0.05) is 25.4 Å². The van der Waals surface area contributed by atoms with Crippen molar-refractivity contribution in [2.24, 2.45) is 7.05 Å². The third-order valence-corrected chi connectivity index (χ3v) is 4.97. The Morgan fingerprint density at radius 3 is 2.75 bits per heavy atom. The molecule has 2 aliphatic rings. The molecule has 2 fully saturated rings. The molecule has 2 N–H and O–H groups in total. The summed E-state index contributed by atoms with van der Waals surface area (Å²) in [5.41, 5.74) is 2.38. The standard InChI is InChI=1S/C17H21N5O2/c1-21-15-12(11-5-8-18-9-6-11)3-2-4-13(15)16(20-21)22-10-7-14(23)19-17(22)24/h2-4,11,18H,5-10H2,1H3,(H,19,23,24). The number of nitrogens with one attached hydrogen (secondary N) is 2. The zero-order valence-electron chi connectivity index (χ0n) is 13.7. The second kappa shape index (κ2) is 5.90. The number of amides is 3. The highest BCUT2D eigenvalue weighted by molar-refractivity contribution is 6.09. The van der Waals surface area contributed by atoms with E-state index in [2.05, 4.69) is 21.8 Å². The number of benzene rings is 1. The van der Waals surface area contributed by atoms with Crippen LogP contribution >= 0.6 is 0 Å². The molecule has 7 heteroatoms. The van der Waals surface area contributed by atoms with Crippen LogP contribution in [0.25, 0.3) is 10.9 Å². The lowest BCUT2D eigenvalue weighted by Gasteiger charge is -2.25. The molecular formula is C17H21N5O2. The molecule has 2 saturated heterocycles. The van der Waals surface area contributed by atoms with Crippen molar-refractivity contribution in [2.75, 3.05) is 24.5 Å². The van der Waals surface area contributed by atoms with Gasteiger partial charge in [-0.15, -0.1) is 0 Å². The molecule has 0 aliphatic carbocycles. The summed E-state index contributed by atoms with van der Waals surface area (Å²) in [7, 11) is 1.92. The van der Waals surface area contributed by atoms with Crippen LogP contribution in [-0.2, 0) is 11.8 Å². The summed E-state index contributed by atoms with van der Waals surface area (Å²) in [6.45, 7) is 2.43. The molecule has 0 unspecified atom stereocenters. The topological polar surface area (TPSA) is 79.3 Å². The molecule has 0 atom stereocenters. The molecule has 0 spiro atoms. The van der Waals surface area contributed by atoms with Gasteiger partial charge < -0.3 is 5.32 Å². The average Bonchev–Trinajstić information content (AvgIpc) is 2.93. The van der Waals surface area contributed by atoms with Gasteiger partial charge in [0.2, 0.25) is 5.91 Å². The third kappa shape index (κ3) is 2.45. The number of carbonyl (C=O) groups is 2. The Morgan fingerprint density at radius 2 is 2.00 bits per heavy atom. The van der Waals surface area contributed by atoms with E-state index in [1.165, 1.54) is 5.56 Å². The molecule has 2 aliphatic heterocycles. The zero-order chi connectivity index (χ0) is 16.7. The molecule has 0 saturated carbocycles. The van der Waals surface area contributed by atoms with Crippen molar-refractivity contribution in [3.63, 3.8) is 0 Å². The first-order valence-corrected chi connectivity index (χ1v) is 8.43. The SMILES string of the molecule is Cn1nc(N2CCC(=O)NC2=O)c2cccc(C3CCNCC3)c21. The largest absolute Gasteiger partial charge is 0.329 e. The minimum atomic E-state index is -0.390. The lowest BCUT2D eigenvalue weighted by Crippen LogP contribution is -2.49. The molecule has 1 aromatic carbocycles. The van der Waals surface area contributed by atoms with Gasteiger partial charge in [0.1, 0.15) is 0 Å². The summed E-state index contributed by atoms with van der Waals surface area (Å²) < 4.78 is 1.87. The number of aromatic nitrogens is 2. The molecule has 0 radical (unpaired) electrons. The summed E-state index contributed by atoms with van der Waals surface area (Å²) in [5, 5.41) is 11.3. The van der Waals surface area contributed by atoms with Gasteiger partial charge >= 0.3 is 6.03 Å². The first kappa shape index (κ1) is 15.1. The van der Waals surface area contributed by atoms with E-state index in [0.29, 0.717) is 24.7 Å². The Hall–Kier alpha value is -2.41. The van der Waals surface area contributed by atoms with E-state index in [-0.39, 0.29) is 5.91 Å². The Morgan fingerprint density at radius 1 is 1.21 bits per heavy atom. The van der Waals surface area contributed by atoms with Gasteiger partial charge in [0.25, 0.3) is 0 Å². The van der Waals surface area contributed by atoms with E-state index in [1.54, 1.807) is 4.90 Å². The van der Waals surface area contributed by atoms with Crippen molar-refractivity contribution in [3.8, 4) is 0 Å². The van der Waals surface area contributed by atoms with Crippen LogP contribution < -0.4 is 15.5 Å². The monoisotopic (exact) mass is 327 g/mol. The first-order chi connectivity index (χ1) is 11.6. The fourth-order valence-corrected chi connectivity index (χ4v) is 3.78. The summed E-state index contributed by atoms with van der Waals surface area (Å²) in [4.78, 5) is 25.1. The van der Waals surface area contributed by atoms with Gasteiger partial charge in [0.15, 0.2) is 5.82 Å². The zero-order valence-corrected chi connectivity index (χ0v) is 13.7. The van der Waals surface area contributed by atoms with Crippen molar-refractivity contribution in [3.05, 3.63) is 23.8 Å². The maximum absolute atomic E-state index is 12.2. The van der Waals surface area contributed by atoms with Crippen LogP contribution in [0.1, 0.15) is 30.7 Å². The van der Waals surface area contributed by atoms with E-state index in [0.717, 1.165) is 36.8 Å². The Bertz CT molecular complexity index is 807.